The molecule has 1 heterocycles. The fraction of sp³-hybridized carbons (Fsp3) is 0.529. The van der Waals surface area contributed by atoms with Crippen LogP contribution in [0.5, 0.6) is 0 Å². The summed E-state index contributed by atoms with van der Waals surface area (Å²) >= 11 is 5.85. The topological polar surface area (TPSA) is 58.6 Å². The molecule has 1 saturated heterocycles. The van der Waals surface area contributed by atoms with Crippen LogP contribution in [0.15, 0.2) is 24.3 Å². The first-order valence-electron chi connectivity index (χ1n) is 8.02. The van der Waals surface area contributed by atoms with Crippen molar-refractivity contribution in [3.63, 3.8) is 0 Å². The number of nitrogens with one attached hydrogen (secondary N) is 1. The van der Waals surface area contributed by atoms with Crippen molar-refractivity contribution in [2.24, 2.45) is 5.41 Å². The lowest BCUT2D eigenvalue weighted by atomic mass is 10.0. The average molecular weight is 337 g/mol. The van der Waals surface area contributed by atoms with Gasteiger partial charge < -0.3 is 15.0 Å². The molecule has 1 aromatic carbocycles. The Balaban J connectivity index is 1.51. The highest BCUT2D eigenvalue weighted by Crippen LogP contribution is 2.47. The van der Waals surface area contributed by atoms with Crippen LogP contribution in [0, 0.1) is 5.41 Å². The number of nitrogens with zero attached hydrogens (tertiary/aromatic N) is 1. The monoisotopic (exact) mass is 336 g/mol. The van der Waals surface area contributed by atoms with Crippen molar-refractivity contribution in [1.82, 2.24) is 10.2 Å². The Kier molecular flexibility index (Phi) is 4.87. The summed E-state index contributed by atoms with van der Waals surface area (Å²) in [5.74, 6) is -0.173. The van der Waals surface area contributed by atoms with Crippen LogP contribution in [0.1, 0.15) is 18.4 Å². The molecule has 1 aliphatic heterocycles. The molecule has 1 N–H and O–H groups in total. The third-order valence-corrected chi connectivity index (χ3v) is 4.76. The molecular formula is C17H21ClN2O3. The lowest BCUT2D eigenvalue weighted by molar-refractivity contribution is -0.147. The second kappa shape index (κ2) is 6.89. The molecule has 0 bridgehead atoms. The molecular weight excluding hydrogens is 316 g/mol. The number of carbonyl (C=O) groups excluding carboxylic acids is 2. The van der Waals surface area contributed by atoms with Crippen molar-refractivity contribution in [1.29, 1.82) is 0 Å². The van der Waals surface area contributed by atoms with Gasteiger partial charge in [0.05, 0.1) is 13.2 Å². The molecule has 2 fully saturated rings. The second-order valence-electron chi connectivity index (χ2n) is 6.12. The first-order valence-corrected chi connectivity index (χ1v) is 8.39. The fourth-order valence-electron chi connectivity index (χ4n) is 2.87. The van der Waals surface area contributed by atoms with Crippen LogP contribution in [-0.2, 0) is 20.7 Å². The van der Waals surface area contributed by atoms with E-state index < -0.39 is 5.41 Å². The Labute approximate surface area is 140 Å². The molecule has 124 valence electrons. The summed E-state index contributed by atoms with van der Waals surface area (Å²) in [6.45, 7) is 2.80. The van der Waals surface area contributed by atoms with Crippen LogP contribution in [0.2, 0.25) is 5.02 Å². The van der Waals surface area contributed by atoms with E-state index in [1.54, 1.807) is 4.90 Å². The molecule has 1 saturated carbocycles. The van der Waals surface area contributed by atoms with Gasteiger partial charge in [0, 0.05) is 24.7 Å². The van der Waals surface area contributed by atoms with E-state index in [0.29, 0.717) is 50.7 Å². The largest absolute Gasteiger partial charge is 0.378 e. The maximum Gasteiger partial charge on any atom is 0.238 e. The third kappa shape index (κ3) is 3.67. The SMILES string of the molecule is O=C(NCCc1ccc(Cl)cc1)C1(C(=O)N2CCOCC2)CC1. The minimum atomic E-state index is -0.822. The van der Waals surface area contributed by atoms with Gasteiger partial charge >= 0.3 is 0 Å². The molecule has 0 radical (unpaired) electrons. The van der Waals surface area contributed by atoms with E-state index in [0.717, 1.165) is 12.0 Å². The molecule has 3 rings (SSSR count). The van der Waals surface area contributed by atoms with Gasteiger partial charge in [0.25, 0.3) is 0 Å². The molecule has 0 spiro atoms. The van der Waals surface area contributed by atoms with E-state index in [1.165, 1.54) is 0 Å². The number of rotatable bonds is 5. The Bertz CT molecular complexity index is 578. The summed E-state index contributed by atoms with van der Waals surface area (Å²) in [5, 5.41) is 3.62. The fourth-order valence-corrected chi connectivity index (χ4v) is 3.00. The smallest absolute Gasteiger partial charge is 0.238 e. The molecule has 2 aliphatic rings. The van der Waals surface area contributed by atoms with Gasteiger partial charge in [0.1, 0.15) is 5.41 Å². The van der Waals surface area contributed by atoms with Crippen molar-refractivity contribution in [2.75, 3.05) is 32.8 Å². The van der Waals surface area contributed by atoms with E-state index in [4.69, 9.17) is 16.3 Å². The van der Waals surface area contributed by atoms with Crippen LogP contribution in [0.3, 0.4) is 0 Å². The summed E-state index contributed by atoms with van der Waals surface area (Å²) < 4.78 is 5.26. The van der Waals surface area contributed by atoms with Crippen LogP contribution in [0.25, 0.3) is 0 Å². The Morgan fingerprint density at radius 1 is 1.17 bits per heavy atom. The van der Waals surface area contributed by atoms with E-state index in [2.05, 4.69) is 5.32 Å². The first-order chi connectivity index (χ1) is 11.1. The maximum absolute atomic E-state index is 12.6. The van der Waals surface area contributed by atoms with E-state index >= 15 is 0 Å². The highest BCUT2D eigenvalue weighted by molar-refractivity contribution is 6.30. The third-order valence-electron chi connectivity index (χ3n) is 4.50. The Morgan fingerprint density at radius 2 is 1.83 bits per heavy atom. The number of amides is 2. The normalized spacial score (nSPS) is 19.3. The summed E-state index contributed by atoms with van der Waals surface area (Å²) in [7, 11) is 0. The van der Waals surface area contributed by atoms with E-state index in [9.17, 15) is 9.59 Å². The van der Waals surface area contributed by atoms with Gasteiger partial charge in [-0.3, -0.25) is 9.59 Å². The molecule has 0 atom stereocenters. The molecule has 6 heteroatoms. The van der Waals surface area contributed by atoms with Gasteiger partial charge in [0.2, 0.25) is 11.8 Å². The number of carbonyl (C=O) groups is 2. The van der Waals surface area contributed by atoms with E-state index in [-0.39, 0.29) is 11.8 Å². The zero-order valence-corrected chi connectivity index (χ0v) is 13.8. The highest BCUT2D eigenvalue weighted by atomic mass is 35.5. The number of halogens is 1. The molecule has 2 amide bonds. The van der Waals surface area contributed by atoms with Gasteiger partial charge in [0.15, 0.2) is 0 Å². The molecule has 23 heavy (non-hydrogen) atoms. The molecule has 5 nitrogen and oxygen atoms in total. The standard InChI is InChI=1S/C17H21ClN2O3/c18-14-3-1-13(2-4-14)5-8-19-15(21)17(6-7-17)16(22)20-9-11-23-12-10-20/h1-4H,5-12H2,(H,19,21). The molecule has 1 aliphatic carbocycles. The minimum absolute atomic E-state index is 0.0372. The molecule has 1 aromatic rings. The van der Waals surface area contributed by atoms with Crippen LogP contribution in [0.4, 0.5) is 0 Å². The van der Waals surface area contributed by atoms with Gasteiger partial charge in [-0.05, 0) is 37.0 Å². The van der Waals surface area contributed by atoms with Crippen LogP contribution < -0.4 is 5.32 Å². The van der Waals surface area contributed by atoms with Crippen molar-refractivity contribution in [3.8, 4) is 0 Å². The number of hydrogen-bond donors (Lipinski definition) is 1. The van der Waals surface area contributed by atoms with Crippen molar-refractivity contribution in [3.05, 3.63) is 34.9 Å². The summed E-state index contributed by atoms with van der Waals surface area (Å²) in [6, 6.07) is 7.56. The second-order valence-corrected chi connectivity index (χ2v) is 6.56. The predicted molar refractivity (Wildman–Crippen MR) is 87.2 cm³/mol. The number of hydrogen-bond acceptors (Lipinski definition) is 3. The first kappa shape index (κ1) is 16.3. The van der Waals surface area contributed by atoms with Crippen molar-refractivity contribution < 1.29 is 14.3 Å². The minimum Gasteiger partial charge on any atom is -0.378 e. The lowest BCUT2D eigenvalue weighted by Crippen LogP contribution is -2.49. The predicted octanol–water partition coefficient (Wildman–Crippen LogP) is 1.64. The van der Waals surface area contributed by atoms with Gasteiger partial charge in [-0.25, -0.2) is 0 Å². The number of benzene rings is 1. The Hall–Kier alpha value is -1.59. The lowest BCUT2D eigenvalue weighted by Gasteiger charge is -2.30. The Morgan fingerprint density at radius 3 is 2.43 bits per heavy atom. The molecule has 0 aromatic heterocycles. The average Bonchev–Trinajstić information content (AvgIpc) is 3.38. The summed E-state index contributed by atoms with van der Waals surface area (Å²) in [5.41, 5.74) is 0.288. The summed E-state index contributed by atoms with van der Waals surface area (Å²) in [6.07, 6.45) is 2.02. The quantitative estimate of drug-likeness (QED) is 0.832. The van der Waals surface area contributed by atoms with E-state index in [1.807, 2.05) is 24.3 Å². The van der Waals surface area contributed by atoms with Gasteiger partial charge in [-0.15, -0.1) is 0 Å². The van der Waals surface area contributed by atoms with Crippen LogP contribution >= 0.6 is 11.6 Å². The zero-order chi connectivity index (χ0) is 16.3. The maximum atomic E-state index is 12.6. The number of ether oxygens (including phenoxy) is 1. The van der Waals surface area contributed by atoms with Gasteiger partial charge in [-0.1, -0.05) is 23.7 Å². The molecule has 0 unspecified atom stereocenters. The summed E-state index contributed by atoms with van der Waals surface area (Å²) in [4.78, 5) is 26.8. The van der Waals surface area contributed by atoms with Crippen molar-refractivity contribution in [2.45, 2.75) is 19.3 Å². The number of morpholine rings is 1. The highest BCUT2D eigenvalue weighted by Gasteiger charge is 2.57. The van der Waals surface area contributed by atoms with Crippen molar-refractivity contribution >= 4 is 23.4 Å². The van der Waals surface area contributed by atoms with Crippen LogP contribution in [-0.4, -0.2) is 49.6 Å². The van der Waals surface area contributed by atoms with Gasteiger partial charge in [-0.2, -0.15) is 0 Å². The zero-order valence-electron chi connectivity index (χ0n) is 13.0.